The largest absolute Gasteiger partial charge is 0.507 e. The maximum absolute atomic E-state index is 11.8. The van der Waals surface area contributed by atoms with E-state index in [9.17, 15) is 15.0 Å². The molecule has 2 rings (SSSR count). The molecule has 0 aliphatic heterocycles. The monoisotopic (exact) mass is 273 g/mol. The number of hydrogen-bond donors (Lipinski definition) is 2. The van der Waals surface area contributed by atoms with Gasteiger partial charge in [0.2, 0.25) is 0 Å². The lowest BCUT2D eigenvalue weighted by Gasteiger charge is -2.05. The van der Waals surface area contributed by atoms with Gasteiger partial charge in [0, 0.05) is 6.07 Å². The topological polar surface area (TPSA) is 83.0 Å². The van der Waals surface area contributed by atoms with Gasteiger partial charge in [-0.15, -0.1) is 0 Å². The van der Waals surface area contributed by atoms with Gasteiger partial charge in [-0.2, -0.15) is 0 Å². The van der Waals surface area contributed by atoms with Gasteiger partial charge in [-0.05, 0) is 38.5 Å². The van der Waals surface area contributed by atoms with Crippen molar-refractivity contribution in [2.24, 2.45) is 4.99 Å². The van der Waals surface area contributed by atoms with Crippen molar-refractivity contribution in [2.45, 2.75) is 20.8 Å². The van der Waals surface area contributed by atoms with Crippen LogP contribution < -0.4 is 5.63 Å². The molecule has 1 aromatic heterocycles. The van der Waals surface area contributed by atoms with Gasteiger partial charge in [-0.1, -0.05) is 6.07 Å². The zero-order valence-corrected chi connectivity index (χ0v) is 11.5. The van der Waals surface area contributed by atoms with Gasteiger partial charge in [0.25, 0.3) is 0 Å². The lowest BCUT2D eigenvalue weighted by atomic mass is 10.1. The summed E-state index contributed by atoms with van der Waals surface area (Å²) in [6.45, 7) is 5.01. The van der Waals surface area contributed by atoms with Crippen LogP contribution in [0.3, 0.4) is 0 Å². The highest BCUT2D eigenvalue weighted by molar-refractivity contribution is 6.02. The molecule has 5 heteroatoms. The Morgan fingerprint density at radius 2 is 1.85 bits per heavy atom. The van der Waals surface area contributed by atoms with Gasteiger partial charge in [-0.25, -0.2) is 9.79 Å². The van der Waals surface area contributed by atoms with Crippen molar-refractivity contribution >= 4 is 11.4 Å². The van der Waals surface area contributed by atoms with Crippen LogP contribution in [-0.4, -0.2) is 15.9 Å². The molecule has 0 aliphatic carbocycles. The van der Waals surface area contributed by atoms with Crippen molar-refractivity contribution < 1.29 is 14.6 Å². The number of benzene rings is 1. The maximum atomic E-state index is 11.8. The summed E-state index contributed by atoms with van der Waals surface area (Å²) in [6, 6.07) is 6.32. The lowest BCUT2D eigenvalue weighted by molar-refractivity contribution is 0.432. The molecular formula is C15H15NO4. The van der Waals surface area contributed by atoms with Gasteiger partial charge in [0.05, 0.1) is 5.71 Å². The van der Waals surface area contributed by atoms with Gasteiger partial charge < -0.3 is 14.6 Å². The van der Waals surface area contributed by atoms with Crippen molar-refractivity contribution in [3.8, 4) is 11.5 Å². The molecule has 2 N–H and O–H groups in total. The SMILES string of the molecule is CC(=Nc1cc(C)ccc1O)c1c(O)cc(C)oc1=O. The van der Waals surface area contributed by atoms with Crippen LogP contribution in [0.1, 0.15) is 23.8 Å². The Balaban J connectivity index is 2.56. The molecule has 0 amide bonds. The fourth-order valence-electron chi connectivity index (χ4n) is 1.89. The molecule has 1 aromatic carbocycles. The number of aliphatic imine (C=N–C) groups is 1. The van der Waals surface area contributed by atoms with E-state index >= 15 is 0 Å². The van der Waals surface area contributed by atoms with Crippen LogP contribution in [0.25, 0.3) is 0 Å². The number of nitrogens with zero attached hydrogens (tertiary/aromatic N) is 1. The Hall–Kier alpha value is -2.56. The smallest absolute Gasteiger partial charge is 0.348 e. The molecule has 5 nitrogen and oxygen atoms in total. The summed E-state index contributed by atoms with van der Waals surface area (Å²) in [5.74, 6) is 0.139. The van der Waals surface area contributed by atoms with E-state index in [1.165, 1.54) is 12.1 Å². The Kier molecular flexibility index (Phi) is 3.61. The molecule has 0 saturated carbocycles. The highest BCUT2D eigenvalue weighted by atomic mass is 16.4. The van der Waals surface area contributed by atoms with E-state index in [1.807, 2.05) is 6.92 Å². The highest BCUT2D eigenvalue weighted by Crippen LogP contribution is 2.28. The third kappa shape index (κ3) is 2.71. The number of rotatable bonds is 2. The van der Waals surface area contributed by atoms with Crippen LogP contribution >= 0.6 is 0 Å². The van der Waals surface area contributed by atoms with Crippen molar-refractivity contribution in [1.29, 1.82) is 0 Å². The van der Waals surface area contributed by atoms with Gasteiger partial charge in [0.1, 0.15) is 28.5 Å². The molecule has 0 spiro atoms. The minimum atomic E-state index is -0.657. The van der Waals surface area contributed by atoms with Crippen molar-refractivity contribution in [3.05, 3.63) is 51.6 Å². The standard InChI is InChI=1S/C15H15NO4/c1-8-4-5-12(17)11(6-8)16-10(3)14-13(18)7-9(2)20-15(14)19/h4-7,17-18H,1-3H3. The minimum Gasteiger partial charge on any atom is -0.507 e. The zero-order chi connectivity index (χ0) is 14.9. The molecule has 1 heterocycles. The molecule has 2 aromatic rings. The molecule has 0 fully saturated rings. The van der Waals surface area contributed by atoms with Gasteiger partial charge >= 0.3 is 5.63 Å². The van der Waals surface area contributed by atoms with E-state index in [-0.39, 0.29) is 22.8 Å². The number of hydrogen-bond acceptors (Lipinski definition) is 5. The summed E-state index contributed by atoms with van der Waals surface area (Å²) in [7, 11) is 0. The number of aromatic hydroxyl groups is 2. The summed E-state index contributed by atoms with van der Waals surface area (Å²) in [5.41, 5.74) is 0.876. The van der Waals surface area contributed by atoms with E-state index in [4.69, 9.17) is 4.42 Å². The second-order valence-corrected chi connectivity index (χ2v) is 4.59. The number of phenols is 1. The van der Waals surface area contributed by atoms with E-state index in [0.717, 1.165) is 5.56 Å². The van der Waals surface area contributed by atoms with Crippen LogP contribution in [0.15, 0.2) is 38.5 Å². The Labute approximate surface area is 115 Å². The van der Waals surface area contributed by atoms with Gasteiger partial charge in [-0.3, -0.25) is 0 Å². The van der Waals surface area contributed by atoms with E-state index in [2.05, 4.69) is 4.99 Å². The molecule has 104 valence electrons. The summed E-state index contributed by atoms with van der Waals surface area (Å²) in [5, 5.41) is 19.6. The summed E-state index contributed by atoms with van der Waals surface area (Å²) in [6.07, 6.45) is 0. The van der Waals surface area contributed by atoms with E-state index in [1.54, 1.807) is 26.0 Å². The van der Waals surface area contributed by atoms with Crippen molar-refractivity contribution in [3.63, 3.8) is 0 Å². The second-order valence-electron chi connectivity index (χ2n) is 4.59. The second kappa shape index (κ2) is 5.21. The highest BCUT2D eigenvalue weighted by Gasteiger charge is 2.13. The lowest BCUT2D eigenvalue weighted by Crippen LogP contribution is -2.12. The van der Waals surface area contributed by atoms with Gasteiger partial charge in [0.15, 0.2) is 0 Å². The van der Waals surface area contributed by atoms with Crippen molar-refractivity contribution in [1.82, 2.24) is 0 Å². The molecule has 0 saturated heterocycles. The normalized spacial score (nSPS) is 11.7. The van der Waals surface area contributed by atoms with E-state index < -0.39 is 5.63 Å². The molecular weight excluding hydrogens is 258 g/mol. The predicted molar refractivity (Wildman–Crippen MR) is 76.1 cm³/mol. The number of aryl methyl sites for hydroxylation is 2. The average molecular weight is 273 g/mol. The first-order valence-corrected chi connectivity index (χ1v) is 6.07. The molecule has 20 heavy (non-hydrogen) atoms. The molecule has 0 aliphatic rings. The molecule has 0 atom stereocenters. The first-order chi connectivity index (χ1) is 9.38. The van der Waals surface area contributed by atoms with Crippen molar-refractivity contribution in [2.75, 3.05) is 0 Å². The summed E-state index contributed by atoms with van der Waals surface area (Å²) in [4.78, 5) is 16.0. The number of phenolic OH excluding ortho intramolecular Hbond substituents is 1. The summed E-state index contributed by atoms with van der Waals surface area (Å²) < 4.78 is 4.94. The predicted octanol–water partition coefficient (Wildman–Crippen LogP) is 2.81. The molecule has 0 radical (unpaired) electrons. The first kappa shape index (κ1) is 13.9. The fraction of sp³-hybridized carbons (Fsp3) is 0.200. The average Bonchev–Trinajstić information content (AvgIpc) is 2.32. The summed E-state index contributed by atoms with van der Waals surface area (Å²) >= 11 is 0. The van der Waals surface area contributed by atoms with Crippen LogP contribution in [0, 0.1) is 13.8 Å². The third-order valence-electron chi connectivity index (χ3n) is 2.83. The van der Waals surface area contributed by atoms with Crippen LogP contribution in [0.5, 0.6) is 11.5 Å². The molecule has 0 unspecified atom stereocenters. The van der Waals surface area contributed by atoms with Crippen LogP contribution in [0.2, 0.25) is 0 Å². The van der Waals surface area contributed by atoms with Crippen LogP contribution in [-0.2, 0) is 0 Å². The Morgan fingerprint density at radius 3 is 2.50 bits per heavy atom. The Bertz CT molecular complexity index is 744. The first-order valence-electron chi connectivity index (χ1n) is 6.07. The fourth-order valence-corrected chi connectivity index (χ4v) is 1.89. The molecule has 0 bridgehead atoms. The van der Waals surface area contributed by atoms with Crippen LogP contribution in [0.4, 0.5) is 5.69 Å². The third-order valence-corrected chi connectivity index (χ3v) is 2.83. The quantitative estimate of drug-likeness (QED) is 0.824. The minimum absolute atomic E-state index is 0.00324. The zero-order valence-electron chi connectivity index (χ0n) is 11.5. The maximum Gasteiger partial charge on any atom is 0.348 e. The van der Waals surface area contributed by atoms with E-state index in [0.29, 0.717) is 11.4 Å². The Morgan fingerprint density at radius 1 is 1.15 bits per heavy atom.